The molecule has 0 aromatic carbocycles. The van der Waals surface area contributed by atoms with E-state index in [9.17, 15) is 13.2 Å². The van der Waals surface area contributed by atoms with Crippen molar-refractivity contribution in [1.29, 1.82) is 0 Å². The molecule has 0 aliphatic heterocycles. The van der Waals surface area contributed by atoms with Crippen LogP contribution in [0.2, 0.25) is 5.02 Å². The first-order valence-corrected chi connectivity index (χ1v) is 4.86. The normalized spacial score (nSPS) is 13.8. The largest absolute Gasteiger partial charge is 0.390 e. The van der Waals surface area contributed by atoms with Crippen LogP contribution in [0.25, 0.3) is 0 Å². The number of nitrogens with two attached hydrogens (primary N) is 1. The van der Waals surface area contributed by atoms with Gasteiger partial charge in [-0.1, -0.05) is 11.6 Å². The van der Waals surface area contributed by atoms with Gasteiger partial charge in [0.25, 0.3) is 0 Å². The van der Waals surface area contributed by atoms with Gasteiger partial charge in [-0.05, 0) is 13.1 Å². The average Bonchev–Trinajstić information content (AvgIpc) is 2.17. The summed E-state index contributed by atoms with van der Waals surface area (Å²) in [6.07, 6.45) is -4.00. The number of nitrogens with one attached hydrogen (secondary N) is 1. The van der Waals surface area contributed by atoms with E-state index in [4.69, 9.17) is 17.3 Å². The van der Waals surface area contributed by atoms with Crippen LogP contribution in [0.3, 0.4) is 0 Å². The number of hydrogen-bond donors (Lipinski definition) is 2. The molecule has 0 spiro atoms. The van der Waals surface area contributed by atoms with Crippen molar-refractivity contribution in [3.8, 4) is 0 Å². The zero-order valence-corrected chi connectivity index (χ0v) is 9.23. The Bertz CT molecular complexity index is 368. The van der Waals surface area contributed by atoms with E-state index in [1.54, 1.807) is 0 Å². The maximum Gasteiger partial charge on any atom is 0.390 e. The molecule has 1 rings (SSSR count). The number of nitrogen functional groups attached to an aromatic ring is 1. The van der Waals surface area contributed by atoms with Crippen LogP contribution in [0, 0.1) is 0 Å². The predicted molar refractivity (Wildman–Crippen MR) is 56.1 cm³/mol. The van der Waals surface area contributed by atoms with Gasteiger partial charge in [0, 0.05) is 17.8 Å². The van der Waals surface area contributed by atoms with Crippen molar-refractivity contribution in [2.75, 3.05) is 12.8 Å². The molecule has 16 heavy (non-hydrogen) atoms. The molecule has 3 nitrogen and oxygen atoms in total. The van der Waals surface area contributed by atoms with Crippen LogP contribution in [0.5, 0.6) is 0 Å². The summed E-state index contributed by atoms with van der Waals surface area (Å²) in [6.45, 7) is 0. The summed E-state index contributed by atoms with van der Waals surface area (Å²) in [5.41, 5.74) is 5.76. The second-order valence-corrected chi connectivity index (χ2v) is 3.73. The highest BCUT2D eigenvalue weighted by molar-refractivity contribution is 6.30. The molecule has 0 radical (unpaired) electrons. The Balaban J connectivity index is 2.99. The van der Waals surface area contributed by atoms with E-state index in [0.29, 0.717) is 0 Å². The fourth-order valence-corrected chi connectivity index (χ4v) is 1.51. The molecule has 0 saturated heterocycles. The van der Waals surface area contributed by atoms with Crippen molar-refractivity contribution in [2.24, 2.45) is 0 Å². The van der Waals surface area contributed by atoms with E-state index >= 15 is 0 Å². The smallest absolute Gasteiger partial charge is 0.383 e. The third-order valence-corrected chi connectivity index (χ3v) is 2.28. The molecule has 0 fully saturated rings. The molecule has 0 aliphatic carbocycles. The Morgan fingerprint density at radius 2 is 2.19 bits per heavy atom. The van der Waals surface area contributed by atoms with Gasteiger partial charge in [0.1, 0.15) is 5.82 Å². The van der Waals surface area contributed by atoms with Crippen molar-refractivity contribution >= 4 is 17.4 Å². The zero-order chi connectivity index (χ0) is 12.3. The predicted octanol–water partition coefficient (Wildman–Crippen LogP) is 2.53. The van der Waals surface area contributed by atoms with E-state index in [2.05, 4.69) is 10.3 Å². The van der Waals surface area contributed by atoms with Crippen molar-refractivity contribution in [2.45, 2.75) is 18.6 Å². The van der Waals surface area contributed by atoms with Gasteiger partial charge in [0.15, 0.2) is 0 Å². The molecule has 0 amide bonds. The SMILES string of the molecule is CNC(CC(F)(F)F)c1cc(Cl)cnc1N. The van der Waals surface area contributed by atoms with Gasteiger partial charge >= 0.3 is 6.18 Å². The minimum Gasteiger partial charge on any atom is -0.383 e. The number of alkyl halides is 3. The van der Waals surface area contributed by atoms with Gasteiger partial charge < -0.3 is 11.1 Å². The summed E-state index contributed by atoms with van der Waals surface area (Å²) in [6, 6.07) is 0.447. The molecule has 1 heterocycles. The van der Waals surface area contributed by atoms with Crippen LogP contribution >= 0.6 is 11.6 Å². The maximum absolute atomic E-state index is 12.3. The Kier molecular flexibility index (Phi) is 3.98. The van der Waals surface area contributed by atoms with Gasteiger partial charge in [-0.15, -0.1) is 0 Å². The minimum atomic E-state index is -4.28. The van der Waals surface area contributed by atoms with Crippen molar-refractivity contribution < 1.29 is 13.2 Å². The number of anilines is 1. The van der Waals surface area contributed by atoms with Gasteiger partial charge in [-0.3, -0.25) is 0 Å². The van der Waals surface area contributed by atoms with E-state index in [1.165, 1.54) is 19.3 Å². The van der Waals surface area contributed by atoms with Gasteiger partial charge in [-0.2, -0.15) is 13.2 Å². The number of nitrogens with zero attached hydrogens (tertiary/aromatic N) is 1. The molecular weight excluding hydrogens is 243 g/mol. The molecule has 0 bridgehead atoms. The fourth-order valence-electron chi connectivity index (χ4n) is 1.34. The van der Waals surface area contributed by atoms with Gasteiger partial charge in [0.05, 0.1) is 11.4 Å². The van der Waals surface area contributed by atoms with Crippen LogP contribution in [0.15, 0.2) is 12.3 Å². The summed E-state index contributed by atoms with van der Waals surface area (Å²) in [5, 5.41) is 2.80. The standard InChI is InChI=1S/C9H11ClF3N3/c1-15-7(3-9(11,12)13)6-2-5(10)4-16-8(6)14/h2,4,7,15H,3H2,1H3,(H2,14,16). The van der Waals surface area contributed by atoms with Gasteiger partial charge in [0.2, 0.25) is 0 Å². The number of halogens is 4. The zero-order valence-electron chi connectivity index (χ0n) is 8.48. The topological polar surface area (TPSA) is 50.9 Å². The highest BCUT2D eigenvalue weighted by atomic mass is 35.5. The monoisotopic (exact) mass is 253 g/mol. The first-order chi connectivity index (χ1) is 7.33. The molecule has 0 aliphatic rings. The van der Waals surface area contributed by atoms with E-state index < -0.39 is 18.6 Å². The Morgan fingerprint density at radius 1 is 1.56 bits per heavy atom. The van der Waals surface area contributed by atoms with Crippen LogP contribution in [0.4, 0.5) is 19.0 Å². The molecule has 7 heteroatoms. The van der Waals surface area contributed by atoms with E-state index in [1.807, 2.05) is 0 Å². The van der Waals surface area contributed by atoms with Crippen molar-refractivity contribution in [1.82, 2.24) is 10.3 Å². The lowest BCUT2D eigenvalue weighted by Gasteiger charge is -2.19. The molecule has 3 N–H and O–H groups in total. The summed E-state index contributed by atoms with van der Waals surface area (Å²) < 4.78 is 36.8. The first kappa shape index (κ1) is 13.1. The van der Waals surface area contributed by atoms with Crippen LogP contribution in [-0.2, 0) is 0 Å². The van der Waals surface area contributed by atoms with Crippen molar-refractivity contribution in [3.63, 3.8) is 0 Å². The third-order valence-electron chi connectivity index (χ3n) is 2.08. The average molecular weight is 254 g/mol. The molecule has 1 aromatic heterocycles. The summed E-state index contributed by atoms with van der Waals surface area (Å²) in [4.78, 5) is 3.72. The summed E-state index contributed by atoms with van der Waals surface area (Å²) in [7, 11) is 1.43. The highest BCUT2D eigenvalue weighted by Gasteiger charge is 2.32. The molecular formula is C9H11ClF3N3. The van der Waals surface area contributed by atoms with E-state index in [-0.39, 0.29) is 16.4 Å². The first-order valence-electron chi connectivity index (χ1n) is 4.48. The number of hydrogen-bond acceptors (Lipinski definition) is 3. The quantitative estimate of drug-likeness (QED) is 0.870. The molecule has 0 saturated carbocycles. The molecule has 1 unspecified atom stereocenters. The van der Waals surface area contributed by atoms with Crippen LogP contribution in [-0.4, -0.2) is 18.2 Å². The van der Waals surface area contributed by atoms with E-state index in [0.717, 1.165) is 0 Å². The number of pyridine rings is 1. The summed E-state index contributed by atoms with van der Waals surface area (Å²) >= 11 is 5.66. The molecule has 1 atom stereocenters. The molecule has 90 valence electrons. The fraction of sp³-hybridized carbons (Fsp3) is 0.444. The number of rotatable bonds is 3. The Hall–Kier alpha value is -1.01. The summed E-state index contributed by atoms with van der Waals surface area (Å²) in [5.74, 6) is 0.0491. The Morgan fingerprint density at radius 3 is 2.69 bits per heavy atom. The highest BCUT2D eigenvalue weighted by Crippen LogP contribution is 2.32. The lowest BCUT2D eigenvalue weighted by atomic mass is 10.0. The van der Waals surface area contributed by atoms with Crippen LogP contribution < -0.4 is 11.1 Å². The number of aromatic nitrogens is 1. The second kappa shape index (κ2) is 4.88. The Labute approximate surface area is 95.8 Å². The lowest BCUT2D eigenvalue weighted by Crippen LogP contribution is -2.24. The maximum atomic E-state index is 12.3. The minimum absolute atomic E-state index is 0.0491. The second-order valence-electron chi connectivity index (χ2n) is 3.29. The van der Waals surface area contributed by atoms with Crippen LogP contribution in [0.1, 0.15) is 18.0 Å². The lowest BCUT2D eigenvalue weighted by molar-refractivity contribution is -0.140. The van der Waals surface area contributed by atoms with Crippen molar-refractivity contribution in [3.05, 3.63) is 22.8 Å². The third kappa shape index (κ3) is 3.53. The molecule has 1 aromatic rings. The van der Waals surface area contributed by atoms with Gasteiger partial charge in [-0.25, -0.2) is 4.98 Å².